The molecule has 31 nitrogen and oxygen atoms in total. The molecule has 1 aromatic rings. The molecule has 550 valence electrons. The number of aliphatic hydroxyl groups excluding tert-OH is 13. The SMILES string of the molecule is COc1ccc(C(=O)O[C@H]2[C@H](O[C@@H]3[C@@H](OC(C)=O)[C@H](O[C@H]4C[C@H]5[C@@H]6CC=C7C[C@@H](O[C@@H]8O[C@H](CO[C@@H]9O[C@H](CO)[C@@H](O[C@@H]%10O[C@H](CO)[C@@H](O)[C@H](O)[C@H]%10O)[C@H](O)[C@H]9O)[C@@H](O)[C@H](O)[C@H]8O)CC[C@]7(C)[C@H]6CC[C@]5(C)[C@@]4(O)[C@H](C)C(=O)CCC(C)C)OC[C@@H]3O)OC[C@@H](O)[C@@H]2O)cc1OC. The maximum Gasteiger partial charge on any atom is 0.338 e. The zero-order valence-electron chi connectivity index (χ0n) is 55.7. The lowest BCUT2D eigenvalue weighted by molar-refractivity contribution is -0.365. The molecule has 14 N–H and O–H groups in total. The third-order valence-corrected chi connectivity index (χ3v) is 22.4. The zero-order valence-corrected chi connectivity index (χ0v) is 55.7. The van der Waals surface area contributed by atoms with E-state index >= 15 is 0 Å². The first-order valence-corrected chi connectivity index (χ1v) is 33.6. The molecule has 5 aliphatic heterocycles. The van der Waals surface area contributed by atoms with Gasteiger partial charge in [0.1, 0.15) is 109 Å². The first-order valence-electron chi connectivity index (χ1n) is 33.6. The standard InChI is InChI=1S/C66H100O31/c1-27(2)9-13-36(70)28(3)66(83)44(94-63-57(89-29(4)69)54(38(72)25-87-63)96-62-56(45(73)37(71)24-86-62)95-58(82)30-10-14-39(84-7)40(19-30)85-8)21-35-33-12-11-31-20-32(15-17-64(31,5)34(33)16-18-65(35,66)6)90-60-51(79)49(77)47(75)43(93-60)26-88-59-53(81)50(78)55(42(23-68)92-59)97-61-52(80)48(76)46(74)41(22-67)91-61/h10-11,14,19,27-28,32-35,37-38,41-57,59-63,67-68,71-81,83H,9,12-13,15-18,20-26H2,1-8H3/t28-,32+,33-,34+,35+,37-,38+,41-,42-,43-,44+,45+,46-,47-,48+,49+,50-,51-,52-,53-,54+,55-,56-,57-,59-,60-,61+,62+,63+,64+,65+,66-/m1/s1. The van der Waals surface area contributed by atoms with Crippen molar-refractivity contribution in [1.82, 2.24) is 0 Å². The Kier molecular flexibility index (Phi) is 24.3. The number of ether oxygens (including phenoxy) is 14. The van der Waals surface area contributed by atoms with Crippen LogP contribution in [0.5, 0.6) is 11.5 Å². The highest BCUT2D eigenvalue weighted by molar-refractivity contribution is 5.90. The van der Waals surface area contributed by atoms with Crippen LogP contribution in [0.2, 0.25) is 0 Å². The van der Waals surface area contributed by atoms with Crippen LogP contribution in [0.1, 0.15) is 110 Å². The Bertz CT molecular complexity index is 2860. The van der Waals surface area contributed by atoms with Crippen LogP contribution in [0.3, 0.4) is 0 Å². The van der Waals surface area contributed by atoms with Gasteiger partial charge in [-0.25, -0.2) is 4.79 Å². The van der Waals surface area contributed by atoms with E-state index in [-0.39, 0.29) is 53.6 Å². The number of esters is 2. The summed E-state index contributed by atoms with van der Waals surface area (Å²) in [7, 11) is 2.79. The van der Waals surface area contributed by atoms with Crippen LogP contribution in [-0.2, 0) is 66.4 Å². The molecule has 0 amide bonds. The summed E-state index contributed by atoms with van der Waals surface area (Å²) in [6.45, 7) is 7.84. The summed E-state index contributed by atoms with van der Waals surface area (Å²) in [5, 5.41) is 154. The summed E-state index contributed by atoms with van der Waals surface area (Å²) >= 11 is 0. The number of hydrogen-bond acceptors (Lipinski definition) is 31. The lowest BCUT2D eigenvalue weighted by Gasteiger charge is -2.59. The second-order valence-corrected chi connectivity index (χ2v) is 28.5. The van der Waals surface area contributed by atoms with E-state index in [1.165, 1.54) is 32.4 Å². The third kappa shape index (κ3) is 14.8. The van der Waals surface area contributed by atoms with Gasteiger partial charge < -0.3 is 138 Å². The molecule has 0 bridgehead atoms. The predicted octanol–water partition coefficient (Wildman–Crippen LogP) is -2.49. The van der Waals surface area contributed by atoms with Crippen molar-refractivity contribution < 1.29 is 152 Å². The molecule has 1 aromatic carbocycles. The summed E-state index contributed by atoms with van der Waals surface area (Å²) in [5.74, 6) is -2.59. The van der Waals surface area contributed by atoms with Gasteiger partial charge >= 0.3 is 11.9 Å². The Hall–Kier alpha value is -3.79. The number of fused-ring (bicyclic) bond motifs is 5. The number of ketones is 1. The minimum atomic E-state index is -1.92. The second-order valence-electron chi connectivity index (χ2n) is 28.5. The van der Waals surface area contributed by atoms with E-state index in [2.05, 4.69) is 13.0 Å². The molecule has 8 fully saturated rings. The van der Waals surface area contributed by atoms with Gasteiger partial charge in [-0.2, -0.15) is 0 Å². The fourth-order valence-electron chi connectivity index (χ4n) is 16.7. The molecule has 0 radical (unpaired) electrons. The highest BCUT2D eigenvalue weighted by Gasteiger charge is 2.71. The van der Waals surface area contributed by atoms with Gasteiger partial charge in [-0.1, -0.05) is 46.3 Å². The highest BCUT2D eigenvalue weighted by atomic mass is 16.8. The quantitative estimate of drug-likeness (QED) is 0.0398. The van der Waals surface area contributed by atoms with Crippen molar-refractivity contribution in [1.29, 1.82) is 0 Å². The number of methoxy groups -OCH3 is 2. The average Bonchev–Trinajstić information content (AvgIpc) is 1.56. The lowest BCUT2D eigenvalue weighted by atomic mass is 9.46. The molecule has 5 heterocycles. The Morgan fingerprint density at radius 3 is 1.88 bits per heavy atom. The van der Waals surface area contributed by atoms with Crippen LogP contribution in [0.15, 0.2) is 29.8 Å². The van der Waals surface area contributed by atoms with Crippen molar-refractivity contribution in [3.8, 4) is 11.5 Å². The van der Waals surface area contributed by atoms with Crippen molar-refractivity contribution in [3.05, 3.63) is 35.4 Å². The molecular formula is C66H100O31. The summed E-state index contributed by atoms with van der Waals surface area (Å²) in [6, 6.07) is 4.21. The van der Waals surface area contributed by atoms with Crippen LogP contribution in [-0.4, -0.2) is 296 Å². The summed E-state index contributed by atoms with van der Waals surface area (Å²) < 4.78 is 82.6. The van der Waals surface area contributed by atoms with E-state index in [1.54, 1.807) is 6.92 Å². The van der Waals surface area contributed by atoms with Crippen LogP contribution in [0.4, 0.5) is 0 Å². The lowest BCUT2D eigenvalue weighted by Crippen LogP contribution is -2.65. The van der Waals surface area contributed by atoms with Crippen molar-refractivity contribution in [2.45, 2.75) is 258 Å². The van der Waals surface area contributed by atoms with Crippen molar-refractivity contribution >= 4 is 17.7 Å². The van der Waals surface area contributed by atoms with Crippen LogP contribution < -0.4 is 9.47 Å². The van der Waals surface area contributed by atoms with Crippen molar-refractivity contribution in [2.24, 2.45) is 40.4 Å². The first-order chi connectivity index (χ1) is 45.9. The minimum absolute atomic E-state index is 0.0253. The van der Waals surface area contributed by atoms with Gasteiger partial charge in [0.15, 0.2) is 55.2 Å². The molecule has 5 saturated heterocycles. The normalized spacial score (nSPS) is 45.6. The summed E-state index contributed by atoms with van der Waals surface area (Å²) in [5.41, 5.74) is -2.17. The number of allylic oxidation sites excluding steroid dienone is 1. The van der Waals surface area contributed by atoms with E-state index in [0.29, 0.717) is 50.7 Å². The van der Waals surface area contributed by atoms with E-state index < -0.39 is 221 Å². The number of hydrogen-bond donors (Lipinski definition) is 14. The number of aliphatic hydroxyl groups is 14. The van der Waals surface area contributed by atoms with Gasteiger partial charge in [0, 0.05) is 24.7 Å². The van der Waals surface area contributed by atoms with Gasteiger partial charge in [-0.3, -0.25) is 9.59 Å². The second kappa shape index (κ2) is 31.0. The van der Waals surface area contributed by atoms with E-state index in [9.17, 15) is 85.9 Å². The largest absolute Gasteiger partial charge is 0.493 e. The van der Waals surface area contributed by atoms with Crippen LogP contribution in [0.25, 0.3) is 0 Å². The topological polar surface area (TPSA) is 464 Å². The van der Waals surface area contributed by atoms with E-state index in [4.69, 9.17) is 66.3 Å². The summed E-state index contributed by atoms with van der Waals surface area (Å²) in [6.07, 6.45) is -33.9. The smallest absolute Gasteiger partial charge is 0.338 e. The molecular weight excluding hydrogens is 1290 g/mol. The monoisotopic (exact) mass is 1390 g/mol. The van der Waals surface area contributed by atoms with E-state index in [0.717, 1.165) is 12.5 Å². The average molecular weight is 1390 g/mol. The number of carbonyl (C=O) groups excluding carboxylic acids is 3. The third-order valence-electron chi connectivity index (χ3n) is 22.4. The number of rotatable bonds is 23. The molecule has 0 spiro atoms. The predicted molar refractivity (Wildman–Crippen MR) is 326 cm³/mol. The number of carbonyl (C=O) groups is 3. The van der Waals surface area contributed by atoms with Gasteiger partial charge in [-0.15, -0.1) is 0 Å². The molecule has 10 rings (SSSR count). The Morgan fingerprint density at radius 1 is 0.619 bits per heavy atom. The maximum atomic E-state index is 14.5. The Morgan fingerprint density at radius 2 is 1.23 bits per heavy atom. The maximum absolute atomic E-state index is 14.5. The van der Waals surface area contributed by atoms with Gasteiger partial charge in [0.2, 0.25) is 0 Å². The summed E-state index contributed by atoms with van der Waals surface area (Å²) in [4.78, 5) is 41.3. The Balaban J connectivity index is 0.830. The fraction of sp³-hybridized carbons (Fsp3) is 0.833. The molecule has 3 saturated carbocycles. The molecule has 97 heavy (non-hydrogen) atoms. The number of benzene rings is 1. The highest BCUT2D eigenvalue weighted by Crippen LogP contribution is 2.69. The minimum Gasteiger partial charge on any atom is -0.493 e. The Labute approximate surface area is 561 Å². The fourth-order valence-corrected chi connectivity index (χ4v) is 16.7. The molecule has 0 unspecified atom stereocenters. The molecule has 0 aromatic heterocycles. The van der Waals surface area contributed by atoms with Crippen molar-refractivity contribution in [2.75, 3.05) is 47.3 Å². The molecule has 32 atom stereocenters. The molecule has 31 heteroatoms. The van der Waals surface area contributed by atoms with Gasteiger partial charge in [0.05, 0.1) is 65.0 Å². The molecule has 9 aliphatic rings. The van der Waals surface area contributed by atoms with Crippen LogP contribution >= 0.6 is 0 Å². The van der Waals surface area contributed by atoms with Gasteiger partial charge in [-0.05, 0) is 98.7 Å². The van der Waals surface area contributed by atoms with E-state index in [1.807, 2.05) is 20.8 Å². The first kappa shape index (κ1) is 75.9. The zero-order chi connectivity index (χ0) is 70.5. The van der Waals surface area contributed by atoms with Gasteiger partial charge in [0.25, 0.3) is 0 Å². The molecule has 4 aliphatic carbocycles. The number of Topliss-reactive ketones (excluding diaryl/α,β-unsaturated/α-hetero) is 1. The van der Waals surface area contributed by atoms with Crippen molar-refractivity contribution in [3.63, 3.8) is 0 Å². The van der Waals surface area contributed by atoms with Crippen LogP contribution in [0, 0.1) is 40.4 Å².